The number of carbonyl (C=O) groups is 1. The predicted octanol–water partition coefficient (Wildman–Crippen LogP) is 4.01. The maximum Gasteiger partial charge on any atom is 0.358 e. The minimum atomic E-state index is -2.76. The molecule has 2 aliphatic carbocycles. The van der Waals surface area contributed by atoms with Gasteiger partial charge in [-0.1, -0.05) is 0 Å². The highest BCUT2D eigenvalue weighted by atomic mass is 19.3. The number of halogens is 4. The van der Waals surface area contributed by atoms with E-state index in [0.29, 0.717) is 5.82 Å². The Labute approximate surface area is 181 Å². The number of hydrogen-bond donors (Lipinski definition) is 1. The molecule has 0 radical (unpaired) electrons. The molecule has 1 N–H and O–H groups in total. The van der Waals surface area contributed by atoms with E-state index in [2.05, 4.69) is 20.4 Å². The van der Waals surface area contributed by atoms with Crippen molar-refractivity contribution in [1.29, 1.82) is 0 Å². The lowest BCUT2D eigenvalue weighted by Crippen LogP contribution is -2.43. The van der Waals surface area contributed by atoms with Crippen LogP contribution in [0.5, 0.6) is 5.88 Å². The van der Waals surface area contributed by atoms with Crippen LogP contribution in [-0.4, -0.2) is 56.3 Å². The second-order valence-corrected chi connectivity index (χ2v) is 8.04. The number of alkyl halides is 4. The third-order valence-corrected chi connectivity index (χ3v) is 5.38. The fourth-order valence-corrected chi connectivity index (χ4v) is 3.65. The molecule has 2 aliphatic rings. The average Bonchev–Trinajstić information content (AvgIpc) is 3.19. The van der Waals surface area contributed by atoms with Crippen molar-refractivity contribution in [3.05, 3.63) is 24.0 Å². The molecular weight excluding hydrogens is 434 g/mol. The maximum atomic E-state index is 13.5. The molecule has 2 fully saturated rings. The molecule has 2 heterocycles. The summed E-state index contributed by atoms with van der Waals surface area (Å²) >= 11 is 0. The second-order valence-electron chi connectivity index (χ2n) is 8.04. The summed E-state index contributed by atoms with van der Waals surface area (Å²) < 4.78 is 65.0. The lowest BCUT2D eigenvalue weighted by Gasteiger charge is -2.34. The van der Waals surface area contributed by atoms with Gasteiger partial charge in [0.15, 0.2) is 5.69 Å². The van der Waals surface area contributed by atoms with Crippen molar-refractivity contribution in [2.24, 2.45) is 0 Å². The van der Waals surface area contributed by atoms with Gasteiger partial charge in [-0.15, -0.1) is 0 Å². The van der Waals surface area contributed by atoms with E-state index < -0.39 is 36.8 Å². The van der Waals surface area contributed by atoms with Gasteiger partial charge in [0.2, 0.25) is 11.8 Å². The van der Waals surface area contributed by atoms with Crippen LogP contribution in [0.25, 0.3) is 5.95 Å². The molecule has 2 saturated carbocycles. The van der Waals surface area contributed by atoms with Crippen molar-refractivity contribution in [2.45, 2.75) is 69.4 Å². The Hall–Kier alpha value is -2.92. The summed E-state index contributed by atoms with van der Waals surface area (Å²) in [5.74, 6) is -5.67. The van der Waals surface area contributed by atoms with Crippen molar-refractivity contribution in [1.82, 2.24) is 19.7 Å². The molecular formula is C20H23F4N5O3. The molecule has 0 atom stereocenters. The van der Waals surface area contributed by atoms with E-state index in [1.54, 1.807) is 6.92 Å². The average molecular weight is 457 g/mol. The van der Waals surface area contributed by atoms with Crippen molar-refractivity contribution >= 4 is 11.8 Å². The topological polar surface area (TPSA) is 91.2 Å². The molecule has 2 aromatic heterocycles. The van der Waals surface area contributed by atoms with Crippen LogP contribution in [0.4, 0.5) is 23.4 Å². The van der Waals surface area contributed by atoms with Gasteiger partial charge in [0.05, 0.1) is 6.61 Å². The van der Waals surface area contributed by atoms with E-state index in [0.717, 1.165) is 0 Å². The number of carbonyl (C=O) groups excluding carboxylic acids is 1. The first kappa shape index (κ1) is 22.3. The van der Waals surface area contributed by atoms with Gasteiger partial charge in [-0.2, -0.15) is 15.1 Å². The van der Waals surface area contributed by atoms with Crippen molar-refractivity contribution in [3.8, 4) is 11.8 Å². The number of rotatable bonds is 7. The van der Waals surface area contributed by atoms with Gasteiger partial charge in [-0.05, 0) is 25.8 Å². The van der Waals surface area contributed by atoms with Gasteiger partial charge in [0.1, 0.15) is 11.9 Å². The van der Waals surface area contributed by atoms with E-state index in [4.69, 9.17) is 9.47 Å². The summed E-state index contributed by atoms with van der Waals surface area (Å²) in [5.41, 5.74) is 0.0458. The molecule has 2 aromatic rings. The predicted molar refractivity (Wildman–Crippen MR) is 105 cm³/mol. The summed E-state index contributed by atoms with van der Waals surface area (Å²) in [4.78, 5) is 20.4. The van der Waals surface area contributed by atoms with Crippen LogP contribution < -0.4 is 10.1 Å². The Kier molecular flexibility index (Phi) is 5.95. The Bertz CT molecular complexity index is 966. The summed E-state index contributed by atoms with van der Waals surface area (Å²) in [7, 11) is 0. The lowest BCUT2D eigenvalue weighted by atomic mass is 9.91. The van der Waals surface area contributed by atoms with E-state index in [1.807, 2.05) is 0 Å². The van der Waals surface area contributed by atoms with Gasteiger partial charge in [-0.25, -0.2) is 27.0 Å². The molecule has 0 aromatic carbocycles. The molecule has 12 heteroatoms. The quantitative estimate of drug-likeness (QED) is 0.496. The molecule has 32 heavy (non-hydrogen) atoms. The highest BCUT2D eigenvalue weighted by molar-refractivity contribution is 5.87. The molecule has 0 amide bonds. The normalized spacial score (nSPS) is 20.4. The zero-order chi connectivity index (χ0) is 22.9. The molecule has 0 saturated heterocycles. The van der Waals surface area contributed by atoms with Crippen LogP contribution in [0.1, 0.15) is 55.9 Å². The molecule has 4 rings (SSSR count). The number of ether oxygens (including phenoxy) is 2. The first-order valence-corrected chi connectivity index (χ1v) is 10.4. The van der Waals surface area contributed by atoms with Gasteiger partial charge in [-0.3, -0.25) is 0 Å². The minimum Gasteiger partial charge on any atom is -0.474 e. The number of hydrogen-bond acceptors (Lipinski definition) is 7. The van der Waals surface area contributed by atoms with Crippen LogP contribution >= 0.6 is 0 Å². The summed E-state index contributed by atoms with van der Waals surface area (Å²) in [6, 6.07) is 2.64. The van der Waals surface area contributed by atoms with E-state index in [9.17, 15) is 22.4 Å². The molecule has 8 nitrogen and oxygen atoms in total. The molecule has 0 aliphatic heterocycles. The van der Waals surface area contributed by atoms with Gasteiger partial charge < -0.3 is 14.8 Å². The minimum absolute atomic E-state index is 0.0350. The Morgan fingerprint density at radius 3 is 2.56 bits per heavy atom. The zero-order valence-electron chi connectivity index (χ0n) is 17.4. The molecule has 174 valence electrons. The smallest absolute Gasteiger partial charge is 0.358 e. The Morgan fingerprint density at radius 2 is 1.91 bits per heavy atom. The maximum absolute atomic E-state index is 13.5. The highest BCUT2D eigenvalue weighted by Gasteiger charge is 2.47. The number of aromatic nitrogens is 4. The third kappa shape index (κ3) is 5.28. The first-order chi connectivity index (χ1) is 15.1. The van der Waals surface area contributed by atoms with Gasteiger partial charge >= 0.3 is 5.97 Å². The standard InChI is InChI=1S/C20H23F4N5O3/c1-2-31-17(30)14-5-8-29(28-14)18-26-15(25-12-3-6-19(21,22)7-4-12)9-16(27-18)32-13-10-20(23,24)11-13/h5,8-9,12-13H,2-4,6-7,10-11H2,1H3,(H,25,26,27). The fraction of sp³-hybridized carbons (Fsp3) is 0.600. The first-order valence-electron chi connectivity index (χ1n) is 10.4. The fourth-order valence-electron chi connectivity index (χ4n) is 3.65. The number of nitrogens with one attached hydrogen (secondary N) is 1. The van der Waals surface area contributed by atoms with Crippen LogP contribution in [0.2, 0.25) is 0 Å². The van der Waals surface area contributed by atoms with Crippen molar-refractivity contribution in [2.75, 3.05) is 11.9 Å². The van der Waals surface area contributed by atoms with E-state index in [-0.39, 0.29) is 55.9 Å². The van der Waals surface area contributed by atoms with Crippen LogP contribution in [-0.2, 0) is 4.74 Å². The monoisotopic (exact) mass is 457 g/mol. The molecule has 0 bridgehead atoms. The summed E-state index contributed by atoms with van der Waals surface area (Å²) in [6.07, 6.45) is -0.0206. The van der Waals surface area contributed by atoms with Crippen LogP contribution in [0.15, 0.2) is 18.3 Å². The van der Waals surface area contributed by atoms with Crippen molar-refractivity contribution in [3.63, 3.8) is 0 Å². The van der Waals surface area contributed by atoms with E-state index in [1.165, 1.54) is 23.0 Å². The molecule has 0 unspecified atom stereocenters. The number of nitrogens with zero attached hydrogens (tertiary/aromatic N) is 4. The third-order valence-electron chi connectivity index (χ3n) is 5.38. The number of esters is 1. The van der Waals surface area contributed by atoms with Gasteiger partial charge in [0, 0.05) is 44.0 Å². The van der Waals surface area contributed by atoms with Crippen LogP contribution in [0.3, 0.4) is 0 Å². The molecule has 0 spiro atoms. The summed E-state index contributed by atoms with van der Waals surface area (Å²) in [6.45, 7) is 1.86. The number of anilines is 1. The Morgan fingerprint density at radius 1 is 1.19 bits per heavy atom. The SMILES string of the molecule is CCOC(=O)c1ccn(-c2nc(NC3CCC(F)(F)CC3)cc(OC3CC(F)(F)C3)n2)n1. The summed E-state index contributed by atoms with van der Waals surface area (Å²) in [5, 5.41) is 7.20. The van der Waals surface area contributed by atoms with Crippen LogP contribution in [0, 0.1) is 0 Å². The van der Waals surface area contributed by atoms with Gasteiger partial charge in [0.25, 0.3) is 11.9 Å². The highest BCUT2D eigenvalue weighted by Crippen LogP contribution is 2.40. The second kappa shape index (κ2) is 8.55. The Balaban J connectivity index is 1.55. The largest absolute Gasteiger partial charge is 0.474 e. The van der Waals surface area contributed by atoms with E-state index >= 15 is 0 Å². The zero-order valence-corrected chi connectivity index (χ0v) is 17.4. The van der Waals surface area contributed by atoms with Crippen molar-refractivity contribution < 1.29 is 31.8 Å². The lowest BCUT2D eigenvalue weighted by molar-refractivity contribution is -0.135.